The summed E-state index contributed by atoms with van der Waals surface area (Å²) in [6.07, 6.45) is 0.713. The van der Waals surface area contributed by atoms with E-state index in [-0.39, 0.29) is 11.8 Å². The molecule has 1 amide bonds. The number of fused-ring (bicyclic) bond motifs is 1. The van der Waals surface area contributed by atoms with Crippen LogP contribution in [0.2, 0.25) is 5.02 Å². The number of halogens is 1. The molecule has 5 heteroatoms. The summed E-state index contributed by atoms with van der Waals surface area (Å²) in [7, 11) is 1.79. The summed E-state index contributed by atoms with van der Waals surface area (Å²) in [5.41, 5.74) is 1.09. The van der Waals surface area contributed by atoms with Gasteiger partial charge in [-0.1, -0.05) is 41.9 Å². The third-order valence-corrected chi connectivity index (χ3v) is 4.44. The monoisotopic (exact) mass is 345 g/mol. The Morgan fingerprint density at radius 2 is 2.00 bits per heavy atom. The number of benzene rings is 2. The van der Waals surface area contributed by atoms with Gasteiger partial charge in [-0.15, -0.1) is 0 Å². The van der Waals surface area contributed by atoms with Crippen molar-refractivity contribution in [3.05, 3.63) is 59.1 Å². The number of rotatable bonds is 5. The lowest BCUT2D eigenvalue weighted by molar-refractivity contribution is -0.135. The molecule has 1 unspecified atom stereocenters. The molecule has 126 valence electrons. The van der Waals surface area contributed by atoms with Crippen molar-refractivity contribution in [1.82, 2.24) is 4.90 Å². The van der Waals surface area contributed by atoms with Crippen LogP contribution >= 0.6 is 11.6 Å². The molecule has 1 atom stereocenters. The van der Waals surface area contributed by atoms with Crippen LogP contribution in [0.4, 0.5) is 0 Å². The molecule has 0 saturated heterocycles. The minimum Gasteiger partial charge on any atom is -0.492 e. The molecule has 0 fully saturated rings. The summed E-state index contributed by atoms with van der Waals surface area (Å²) < 4.78 is 11.3. The van der Waals surface area contributed by atoms with Gasteiger partial charge in [-0.05, 0) is 30.2 Å². The zero-order valence-corrected chi connectivity index (χ0v) is 14.3. The topological polar surface area (TPSA) is 38.8 Å². The molecule has 0 saturated carbocycles. The quantitative estimate of drug-likeness (QED) is 0.833. The van der Waals surface area contributed by atoms with Crippen molar-refractivity contribution in [2.75, 3.05) is 26.8 Å². The van der Waals surface area contributed by atoms with Gasteiger partial charge in [-0.3, -0.25) is 4.79 Å². The maximum Gasteiger partial charge on any atom is 0.229 e. The number of nitrogens with zero attached hydrogens (tertiary/aromatic N) is 1. The van der Waals surface area contributed by atoms with Crippen molar-refractivity contribution < 1.29 is 14.3 Å². The van der Waals surface area contributed by atoms with Crippen LogP contribution in [0.1, 0.15) is 5.56 Å². The predicted molar refractivity (Wildman–Crippen MR) is 93.7 cm³/mol. The van der Waals surface area contributed by atoms with Crippen LogP contribution in [0.5, 0.6) is 11.5 Å². The molecule has 24 heavy (non-hydrogen) atoms. The molecule has 0 N–H and O–H groups in total. The Bertz CT molecular complexity index is 719. The lowest BCUT2D eigenvalue weighted by Crippen LogP contribution is -2.40. The van der Waals surface area contributed by atoms with Gasteiger partial charge < -0.3 is 14.4 Å². The van der Waals surface area contributed by atoms with Crippen molar-refractivity contribution >= 4 is 17.5 Å². The fraction of sp³-hybridized carbons (Fsp3) is 0.316. The summed E-state index contributed by atoms with van der Waals surface area (Å²) in [5.74, 6) is 1.44. The number of para-hydroxylation sites is 2. The van der Waals surface area contributed by atoms with E-state index in [4.69, 9.17) is 21.1 Å². The van der Waals surface area contributed by atoms with Crippen molar-refractivity contribution in [2.24, 2.45) is 5.92 Å². The number of hydrogen-bond donors (Lipinski definition) is 0. The summed E-state index contributed by atoms with van der Waals surface area (Å²) in [6.45, 7) is 1.32. The largest absolute Gasteiger partial charge is 0.492 e. The second kappa shape index (κ2) is 7.58. The molecular formula is C19H20ClNO3. The van der Waals surface area contributed by atoms with Gasteiger partial charge in [0.05, 0.1) is 17.5 Å². The number of likely N-dealkylation sites (N-methyl/N-ethyl adjacent to an activating group) is 1. The maximum absolute atomic E-state index is 12.6. The summed E-state index contributed by atoms with van der Waals surface area (Å²) in [4.78, 5) is 14.3. The lowest BCUT2D eigenvalue weighted by atomic mass is 9.95. The highest BCUT2D eigenvalue weighted by molar-refractivity contribution is 6.32. The Balaban J connectivity index is 1.51. The van der Waals surface area contributed by atoms with Crippen LogP contribution in [0, 0.1) is 5.92 Å². The van der Waals surface area contributed by atoms with E-state index in [0.29, 0.717) is 37.0 Å². The molecular weight excluding hydrogens is 326 g/mol. The van der Waals surface area contributed by atoms with E-state index >= 15 is 0 Å². The first-order valence-corrected chi connectivity index (χ1v) is 8.36. The Labute approximate surface area is 146 Å². The molecule has 4 nitrogen and oxygen atoms in total. The zero-order valence-electron chi connectivity index (χ0n) is 13.6. The molecule has 3 rings (SSSR count). The van der Waals surface area contributed by atoms with Gasteiger partial charge in [0.15, 0.2) is 0 Å². The SMILES string of the molecule is CN(CCOc1ccccc1Cl)C(=O)C1COc2ccccc2C1. The number of hydrogen-bond acceptors (Lipinski definition) is 3. The molecule has 0 spiro atoms. The highest BCUT2D eigenvalue weighted by Crippen LogP contribution is 2.27. The van der Waals surface area contributed by atoms with Crippen LogP contribution in [0.3, 0.4) is 0 Å². The average Bonchev–Trinajstić information content (AvgIpc) is 2.62. The number of carbonyl (C=O) groups excluding carboxylic acids is 1. The van der Waals surface area contributed by atoms with Gasteiger partial charge in [-0.2, -0.15) is 0 Å². The third-order valence-electron chi connectivity index (χ3n) is 4.13. The van der Waals surface area contributed by atoms with Gasteiger partial charge in [0, 0.05) is 7.05 Å². The Hall–Kier alpha value is -2.20. The van der Waals surface area contributed by atoms with E-state index < -0.39 is 0 Å². The highest BCUT2D eigenvalue weighted by Gasteiger charge is 2.27. The van der Waals surface area contributed by atoms with Gasteiger partial charge in [0.25, 0.3) is 0 Å². The molecule has 0 aromatic heterocycles. The van der Waals surface area contributed by atoms with Crippen molar-refractivity contribution in [2.45, 2.75) is 6.42 Å². The van der Waals surface area contributed by atoms with E-state index in [0.717, 1.165) is 11.3 Å². The molecule has 1 aliphatic heterocycles. The van der Waals surface area contributed by atoms with Crippen molar-refractivity contribution in [3.8, 4) is 11.5 Å². The first-order valence-electron chi connectivity index (χ1n) is 7.98. The molecule has 0 aliphatic carbocycles. The number of ether oxygens (including phenoxy) is 2. The smallest absolute Gasteiger partial charge is 0.229 e. The van der Waals surface area contributed by atoms with E-state index in [1.165, 1.54) is 0 Å². The van der Waals surface area contributed by atoms with Gasteiger partial charge in [0.1, 0.15) is 24.7 Å². The fourth-order valence-electron chi connectivity index (χ4n) is 2.76. The molecule has 2 aromatic carbocycles. The zero-order chi connectivity index (χ0) is 16.9. The second-order valence-corrected chi connectivity index (χ2v) is 6.27. The Kier molecular flexibility index (Phi) is 5.26. The summed E-state index contributed by atoms with van der Waals surface area (Å²) in [5, 5.41) is 0.573. The number of carbonyl (C=O) groups is 1. The summed E-state index contributed by atoms with van der Waals surface area (Å²) >= 11 is 6.05. The Morgan fingerprint density at radius 1 is 1.25 bits per heavy atom. The molecule has 1 heterocycles. The average molecular weight is 346 g/mol. The molecule has 2 aromatic rings. The van der Waals surface area contributed by atoms with Gasteiger partial charge in [-0.25, -0.2) is 0 Å². The first kappa shape index (κ1) is 16.7. The van der Waals surface area contributed by atoms with E-state index in [1.54, 1.807) is 18.0 Å². The van der Waals surface area contributed by atoms with Gasteiger partial charge in [0.2, 0.25) is 5.91 Å². The second-order valence-electron chi connectivity index (χ2n) is 5.86. The van der Waals surface area contributed by atoms with Crippen LogP contribution in [0.15, 0.2) is 48.5 Å². The molecule has 1 aliphatic rings. The minimum atomic E-state index is -0.148. The van der Waals surface area contributed by atoms with Crippen LogP contribution in [-0.2, 0) is 11.2 Å². The van der Waals surface area contributed by atoms with Crippen LogP contribution in [0.25, 0.3) is 0 Å². The standard InChI is InChI=1S/C19H20ClNO3/c1-21(10-11-23-18-9-5-3-7-16(18)20)19(22)15-12-14-6-2-4-8-17(14)24-13-15/h2-9,15H,10-13H2,1H3. The normalized spacial score (nSPS) is 16.0. The maximum atomic E-state index is 12.6. The first-order chi connectivity index (χ1) is 11.6. The lowest BCUT2D eigenvalue weighted by Gasteiger charge is -2.28. The summed E-state index contributed by atoms with van der Waals surface area (Å²) in [6, 6.07) is 15.2. The van der Waals surface area contributed by atoms with Crippen LogP contribution < -0.4 is 9.47 Å². The molecule has 0 bridgehead atoms. The van der Waals surface area contributed by atoms with Gasteiger partial charge >= 0.3 is 0 Å². The molecule has 0 radical (unpaired) electrons. The fourth-order valence-corrected chi connectivity index (χ4v) is 2.95. The third kappa shape index (κ3) is 3.82. The predicted octanol–water partition coefficient (Wildman–Crippen LogP) is 3.43. The van der Waals surface area contributed by atoms with Crippen molar-refractivity contribution in [1.29, 1.82) is 0 Å². The van der Waals surface area contributed by atoms with E-state index in [9.17, 15) is 4.79 Å². The number of amides is 1. The van der Waals surface area contributed by atoms with E-state index in [1.807, 2.05) is 42.5 Å². The Morgan fingerprint density at radius 3 is 2.83 bits per heavy atom. The minimum absolute atomic E-state index is 0.0762. The van der Waals surface area contributed by atoms with Crippen molar-refractivity contribution in [3.63, 3.8) is 0 Å². The van der Waals surface area contributed by atoms with E-state index in [2.05, 4.69) is 0 Å². The van der Waals surface area contributed by atoms with Crippen LogP contribution in [-0.4, -0.2) is 37.6 Å². The highest BCUT2D eigenvalue weighted by atomic mass is 35.5.